The summed E-state index contributed by atoms with van der Waals surface area (Å²) < 4.78 is 5.40. The molecule has 106 valence electrons. The third kappa shape index (κ3) is 3.35. The van der Waals surface area contributed by atoms with Crippen molar-refractivity contribution in [1.29, 1.82) is 0 Å². The molecule has 1 aromatic rings. The van der Waals surface area contributed by atoms with Crippen LogP contribution in [0.3, 0.4) is 0 Å². The maximum Gasteiger partial charge on any atom is 0.264 e. The number of fused-ring (bicyclic) bond motifs is 1. The van der Waals surface area contributed by atoms with Crippen LogP contribution in [0.25, 0.3) is 0 Å². The van der Waals surface area contributed by atoms with Gasteiger partial charge in [0, 0.05) is 23.9 Å². The van der Waals surface area contributed by atoms with E-state index in [1.807, 2.05) is 19.9 Å². The summed E-state index contributed by atoms with van der Waals surface area (Å²) in [6.07, 6.45) is 0.384. The zero-order valence-corrected chi connectivity index (χ0v) is 12.5. The summed E-state index contributed by atoms with van der Waals surface area (Å²) in [6, 6.07) is 2.02. The van der Waals surface area contributed by atoms with Crippen molar-refractivity contribution in [3.63, 3.8) is 0 Å². The van der Waals surface area contributed by atoms with Crippen LogP contribution in [0.15, 0.2) is 6.07 Å². The lowest BCUT2D eigenvalue weighted by Crippen LogP contribution is -2.41. The molecule has 0 spiro atoms. The molecular weight excluding hydrogens is 262 g/mol. The Labute approximate surface area is 118 Å². The van der Waals surface area contributed by atoms with E-state index < -0.39 is 6.10 Å². The number of aliphatic hydroxyl groups excluding tert-OH is 1. The number of rotatable bonds is 4. The third-order valence-electron chi connectivity index (χ3n) is 3.18. The number of hydrogen-bond donors (Lipinski definition) is 1. The van der Waals surface area contributed by atoms with Crippen molar-refractivity contribution >= 4 is 17.2 Å². The lowest BCUT2D eigenvalue weighted by atomic mass is 10.2. The highest BCUT2D eigenvalue weighted by Gasteiger charge is 2.24. The Hall–Kier alpha value is -0.910. The van der Waals surface area contributed by atoms with Crippen molar-refractivity contribution in [2.75, 3.05) is 13.2 Å². The minimum Gasteiger partial charge on any atom is -0.392 e. The Balaban J connectivity index is 2.19. The molecule has 4 nitrogen and oxygen atoms in total. The summed E-state index contributed by atoms with van der Waals surface area (Å²) >= 11 is 1.56. The fourth-order valence-electron chi connectivity index (χ4n) is 2.21. The molecule has 1 aliphatic heterocycles. The van der Waals surface area contributed by atoms with Gasteiger partial charge in [-0.1, -0.05) is 0 Å². The van der Waals surface area contributed by atoms with Crippen LogP contribution in [0.4, 0.5) is 0 Å². The molecule has 0 radical (unpaired) electrons. The lowest BCUT2D eigenvalue weighted by molar-refractivity contribution is 0.0583. The Kier molecular flexibility index (Phi) is 4.60. The number of thiophene rings is 1. The molecule has 1 amide bonds. The molecule has 0 aromatic carbocycles. The summed E-state index contributed by atoms with van der Waals surface area (Å²) in [7, 11) is 0. The second kappa shape index (κ2) is 6.03. The Morgan fingerprint density at radius 1 is 1.53 bits per heavy atom. The smallest absolute Gasteiger partial charge is 0.264 e. The number of aliphatic hydroxyl groups is 1. The predicted octanol–water partition coefficient (Wildman–Crippen LogP) is 2.05. The highest BCUT2D eigenvalue weighted by molar-refractivity contribution is 7.14. The first kappa shape index (κ1) is 14.5. The predicted molar refractivity (Wildman–Crippen MR) is 75.5 cm³/mol. The Bertz CT molecular complexity index is 430. The van der Waals surface area contributed by atoms with Gasteiger partial charge in [0.05, 0.1) is 24.2 Å². The van der Waals surface area contributed by atoms with Crippen molar-refractivity contribution < 1.29 is 14.6 Å². The molecule has 0 saturated carbocycles. The van der Waals surface area contributed by atoms with Gasteiger partial charge in [-0.15, -0.1) is 11.3 Å². The van der Waals surface area contributed by atoms with E-state index in [0.717, 1.165) is 23.5 Å². The van der Waals surface area contributed by atoms with Gasteiger partial charge >= 0.3 is 0 Å². The molecule has 1 N–H and O–H groups in total. The summed E-state index contributed by atoms with van der Waals surface area (Å²) in [5.74, 6) is 0.00954. The molecular formula is C14H21NO3S. The second-order valence-corrected chi connectivity index (χ2v) is 6.40. The molecule has 1 atom stereocenters. The van der Waals surface area contributed by atoms with E-state index in [1.54, 1.807) is 23.2 Å². The molecule has 1 aliphatic rings. The number of carbonyl (C=O) groups excluding carboxylic acids is 1. The first-order valence-electron chi connectivity index (χ1n) is 6.67. The minimum absolute atomic E-state index is 0.00954. The van der Waals surface area contributed by atoms with Gasteiger partial charge in [-0.2, -0.15) is 0 Å². The highest BCUT2D eigenvalue weighted by atomic mass is 32.1. The zero-order chi connectivity index (χ0) is 14.0. The fraction of sp³-hybridized carbons (Fsp3) is 0.643. The molecule has 0 fully saturated rings. The largest absolute Gasteiger partial charge is 0.392 e. The van der Waals surface area contributed by atoms with Crippen LogP contribution in [0.2, 0.25) is 0 Å². The molecule has 0 saturated heterocycles. The summed E-state index contributed by atoms with van der Waals surface area (Å²) in [6.45, 7) is 7.36. The van der Waals surface area contributed by atoms with Crippen molar-refractivity contribution in [1.82, 2.24) is 4.90 Å². The van der Waals surface area contributed by atoms with E-state index in [0.29, 0.717) is 13.2 Å². The minimum atomic E-state index is -0.510. The molecule has 5 heteroatoms. The van der Waals surface area contributed by atoms with Gasteiger partial charge in [-0.25, -0.2) is 0 Å². The van der Waals surface area contributed by atoms with E-state index in [-0.39, 0.29) is 11.9 Å². The molecule has 0 bridgehead atoms. The molecule has 1 unspecified atom stereocenters. The Morgan fingerprint density at radius 2 is 2.26 bits per heavy atom. The van der Waals surface area contributed by atoms with E-state index >= 15 is 0 Å². The van der Waals surface area contributed by atoms with Crippen molar-refractivity contribution in [2.45, 2.75) is 45.9 Å². The number of ether oxygens (including phenoxy) is 1. The van der Waals surface area contributed by atoms with E-state index in [9.17, 15) is 9.90 Å². The van der Waals surface area contributed by atoms with Gasteiger partial charge in [-0.3, -0.25) is 4.79 Å². The van der Waals surface area contributed by atoms with E-state index in [2.05, 4.69) is 0 Å². The molecule has 2 rings (SSSR count). The lowest BCUT2D eigenvalue weighted by Gasteiger charge is -2.27. The van der Waals surface area contributed by atoms with Gasteiger partial charge in [-0.05, 0) is 32.4 Å². The first-order valence-corrected chi connectivity index (χ1v) is 7.49. The van der Waals surface area contributed by atoms with Crippen LogP contribution in [-0.4, -0.2) is 41.2 Å². The molecule has 0 aliphatic carbocycles. The van der Waals surface area contributed by atoms with Crippen LogP contribution in [0.1, 0.15) is 40.9 Å². The normalized spacial score (nSPS) is 16.3. The molecule has 19 heavy (non-hydrogen) atoms. The first-order chi connectivity index (χ1) is 8.99. The summed E-state index contributed by atoms with van der Waals surface area (Å²) in [5, 5.41) is 9.52. The molecule has 1 aromatic heterocycles. The van der Waals surface area contributed by atoms with Crippen LogP contribution in [-0.2, 0) is 17.8 Å². The number of amides is 1. The number of nitrogens with zero attached hydrogens (tertiary/aromatic N) is 1. The monoisotopic (exact) mass is 283 g/mol. The SMILES string of the molecule is CC(O)CN(C(=O)c1cc2c(s1)CCOC2)C(C)C. The van der Waals surface area contributed by atoms with Crippen molar-refractivity contribution in [2.24, 2.45) is 0 Å². The molecule has 2 heterocycles. The third-order valence-corrected chi connectivity index (χ3v) is 4.41. The van der Waals surface area contributed by atoms with Gasteiger partial charge in [0.2, 0.25) is 0 Å². The second-order valence-electron chi connectivity index (χ2n) is 5.26. The van der Waals surface area contributed by atoms with Gasteiger partial charge in [0.25, 0.3) is 5.91 Å². The fourth-order valence-corrected chi connectivity index (χ4v) is 3.31. The quantitative estimate of drug-likeness (QED) is 0.920. The average Bonchev–Trinajstić information content (AvgIpc) is 2.78. The van der Waals surface area contributed by atoms with Crippen molar-refractivity contribution in [3.8, 4) is 0 Å². The van der Waals surface area contributed by atoms with Crippen LogP contribution in [0.5, 0.6) is 0 Å². The van der Waals surface area contributed by atoms with Gasteiger partial charge in [0.1, 0.15) is 0 Å². The zero-order valence-electron chi connectivity index (χ0n) is 11.7. The van der Waals surface area contributed by atoms with Crippen LogP contribution >= 0.6 is 11.3 Å². The summed E-state index contributed by atoms with van der Waals surface area (Å²) in [5.41, 5.74) is 1.14. The number of carbonyl (C=O) groups is 1. The van der Waals surface area contributed by atoms with Crippen LogP contribution in [0, 0.1) is 0 Å². The highest BCUT2D eigenvalue weighted by Crippen LogP contribution is 2.28. The average molecular weight is 283 g/mol. The van der Waals surface area contributed by atoms with Crippen molar-refractivity contribution in [3.05, 3.63) is 21.4 Å². The van der Waals surface area contributed by atoms with Crippen LogP contribution < -0.4 is 0 Å². The van der Waals surface area contributed by atoms with E-state index in [4.69, 9.17) is 4.74 Å². The standard InChI is InChI=1S/C14H21NO3S/c1-9(2)15(7-10(3)16)14(17)13-6-11-8-18-5-4-12(11)19-13/h6,9-10,16H,4-5,7-8H2,1-3H3. The van der Waals surface area contributed by atoms with Gasteiger partial charge < -0.3 is 14.7 Å². The van der Waals surface area contributed by atoms with E-state index in [1.165, 1.54) is 4.88 Å². The Morgan fingerprint density at radius 3 is 2.84 bits per heavy atom. The number of hydrogen-bond acceptors (Lipinski definition) is 4. The topological polar surface area (TPSA) is 49.8 Å². The summed E-state index contributed by atoms with van der Waals surface area (Å²) in [4.78, 5) is 16.3. The maximum absolute atomic E-state index is 12.5. The van der Waals surface area contributed by atoms with Gasteiger partial charge in [0.15, 0.2) is 0 Å². The maximum atomic E-state index is 12.5.